The van der Waals surface area contributed by atoms with E-state index in [0.717, 1.165) is 0 Å². The fraction of sp³-hybridized carbons (Fsp3) is 0.857. The van der Waals surface area contributed by atoms with Crippen LogP contribution in [-0.4, -0.2) is 67.6 Å². The van der Waals surface area contributed by atoms with Crippen LogP contribution in [0.3, 0.4) is 0 Å². The zero-order valence-corrected chi connectivity index (χ0v) is 13.4. The summed E-state index contributed by atoms with van der Waals surface area (Å²) in [4.78, 5) is 24.9. The lowest BCUT2D eigenvalue weighted by Crippen LogP contribution is -2.50. The minimum absolute atomic E-state index is 0.107. The summed E-state index contributed by atoms with van der Waals surface area (Å²) >= 11 is 0. The Balaban J connectivity index is 2.68. The number of hydrogen-bond donors (Lipinski definition) is 2. The first kappa shape index (κ1) is 17.7. The van der Waals surface area contributed by atoms with Gasteiger partial charge >= 0.3 is 12.0 Å². The lowest BCUT2D eigenvalue weighted by Gasteiger charge is -2.32. The molecular weight excluding hydrogens is 276 g/mol. The molecule has 0 radical (unpaired) electrons. The first-order valence-corrected chi connectivity index (χ1v) is 7.01. The molecule has 0 saturated carbocycles. The molecule has 1 aliphatic rings. The molecule has 0 spiro atoms. The average Bonchev–Trinajstić information content (AvgIpc) is 2.79. The van der Waals surface area contributed by atoms with Crippen molar-refractivity contribution in [3.05, 3.63) is 0 Å². The Hall–Kier alpha value is -1.34. The third-order valence-electron chi connectivity index (χ3n) is 3.83. The van der Waals surface area contributed by atoms with E-state index >= 15 is 0 Å². The number of nitrogens with one attached hydrogen (secondary N) is 1. The van der Waals surface area contributed by atoms with Crippen molar-refractivity contribution in [3.8, 4) is 0 Å². The van der Waals surface area contributed by atoms with E-state index < -0.39 is 12.0 Å². The number of carboxylic acids is 1. The van der Waals surface area contributed by atoms with E-state index in [1.807, 2.05) is 20.8 Å². The molecular formula is C14H26N2O5. The highest BCUT2D eigenvalue weighted by Crippen LogP contribution is 2.23. The van der Waals surface area contributed by atoms with Gasteiger partial charge in [-0.25, -0.2) is 4.79 Å². The van der Waals surface area contributed by atoms with Crippen LogP contribution in [0.15, 0.2) is 0 Å². The monoisotopic (exact) mass is 302 g/mol. The van der Waals surface area contributed by atoms with Crippen LogP contribution in [0.4, 0.5) is 4.79 Å². The van der Waals surface area contributed by atoms with Gasteiger partial charge in [0.25, 0.3) is 0 Å². The SMILES string of the molecule is COC1CN(C(=O)NC(CC(=O)O)C(C)(C)C)CC1OC. The molecule has 1 fully saturated rings. The molecule has 7 heteroatoms. The number of amides is 2. The number of hydrogen-bond acceptors (Lipinski definition) is 4. The van der Waals surface area contributed by atoms with Gasteiger partial charge in [-0.05, 0) is 5.41 Å². The van der Waals surface area contributed by atoms with E-state index in [4.69, 9.17) is 14.6 Å². The number of carbonyl (C=O) groups excluding carboxylic acids is 1. The summed E-state index contributed by atoms with van der Waals surface area (Å²) in [7, 11) is 3.17. The van der Waals surface area contributed by atoms with Gasteiger partial charge in [0.1, 0.15) is 12.2 Å². The first-order chi connectivity index (χ1) is 9.68. The molecule has 3 unspecified atom stereocenters. The number of aliphatic carboxylic acids is 1. The Kier molecular flexibility index (Phi) is 5.98. The quantitative estimate of drug-likeness (QED) is 0.789. The van der Waals surface area contributed by atoms with Gasteiger partial charge in [-0.2, -0.15) is 0 Å². The summed E-state index contributed by atoms with van der Waals surface area (Å²) < 4.78 is 10.6. The largest absolute Gasteiger partial charge is 0.481 e. The maximum Gasteiger partial charge on any atom is 0.317 e. The fourth-order valence-corrected chi connectivity index (χ4v) is 2.35. The molecule has 7 nitrogen and oxygen atoms in total. The zero-order chi connectivity index (χ0) is 16.2. The maximum atomic E-state index is 12.3. The molecule has 0 aliphatic carbocycles. The summed E-state index contributed by atoms with van der Waals surface area (Å²) in [5.41, 5.74) is -0.338. The van der Waals surface area contributed by atoms with Gasteiger partial charge in [-0.15, -0.1) is 0 Å². The second-order valence-corrected chi connectivity index (χ2v) is 6.42. The number of carbonyl (C=O) groups is 2. The minimum Gasteiger partial charge on any atom is -0.481 e. The topological polar surface area (TPSA) is 88.1 Å². The first-order valence-electron chi connectivity index (χ1n) is 7.01. The molecule has 1 rings (SSSR count). The van der Waals surface area contributed by atoms with Crippen molar-refractivity contribution in [2.75, 3.05) is 27.3 Å². The molecule has 3 atom stereocenters. The smallest absolute Gasteiger partial charge is 0.317 e. The average molecular weight is 302 g/mol. The number of likely N-dealkylation sites (tertiary alicyclic amines) is 1. The van der Waals surface area contributed by atoms with Gasteiger partial charge in [0.2, 0.25) is 0 Å². The van der Waals surface area contributed by atoms with E-state index in [1.54, 1.807) is 19.1 Å². The van der Waals surface area contributed by atoms with Gasteiger partial charge in [0.15, 0.2) is 0 Å². The molecule has 2 N–H and O–H groups in total. The van der Waals surface area contributed by atoms with E-state index in [0.29, 0.717) is 13.1 Å². The van der Waals surface area contributed by atoms with Crippen LogP contribution in [0.1, 0.15) is 27.2 Å². The van der Waals surface area contributed by atoms with Gasteiger partial charge < -0.3 is 24.8 Å². The van der Waals surface area contributed by atoms with Crippen molar-refractivity contribution in [3.63, 3.8) is 0 Å². The van der Waals surface area contributed by atoms with Gasteiger partial charge in [-0.3, -0.25) is 4.79 Å². The van der Waals surface area contributed by atoms with E-state index in [2.05, 4.69) is 5.32 Å². The molecule has 0 aromatic rings. The van der Waals surface area contributed by atoms with Crippen LogP contribution in [-0.2, 0) is 14.3 Å². The summed E-state index contributed by atoms with van der Waals surface area (Å²) in [5, 5.41) is 11.8. The molecule has 1 heterocycles. The van der Waals surface area contributed by atoms with Crippen LogP contribution in [0.5, 0.6) is 0 Å². The third-order valence-corrected chi connectivity index (χ3v) is 3.83. The summed E-state index contributed by atoms with van der Waals surface area (Å²) in [6.07, 6.45) is -0.425. The van der Waals surface area contributed by atoms with Crippen LogP contribution in [0.25, 0.3) is 0 Å². The molecule has 1 aliphatic heterocycles. The second-order valence-electron chi connectivity index (χ2n) is 6.42. The van der Waals surface area contributed by atoms with Crippen molar-refractivity contribution in [1.29, 1.82) is 0 Å². The molecule has 122 valence electrons. The number of nitrogens with zero attached hydrogens (tertiary/aromatic N) is 1. The Bertz CT molecular complexity index is 368. The van der Waals surface area contributed by atoms with Crippen LogP contribution in [0, 0.1) is 5.41 Å². The molecule has 21 heavy (non-hydrogen) atoms. The molecule has 0 aromatic heterocycles. The molecule has 0 aromatic carbocycles. The van der Waals surface area contributed by atoms with Crippen molar-refractivity contribution in [2.24, 2.45) is 5.41 Å². The Morgan fingerprint density at radius 1 is 1.24 bits per heavy atom. The third kappa shape index (κ3) is 4.86. The highest BCUT2D eigenvalue weighted by Gasteiger charge is 2.37. The van der Waals surface area contributed by atoms with Crippen LogP contribution >= 0.6 is 0 Å². The van der Waals surface area contributed by atoms with Crippen LogP contribution < -0.4 is 5.32 Å². The number of urea groups is 1. The number of ether oxygens (including phenoxy) is 2. The summed E-state index contributed by atoms with van der Waals surface area (Å²) in [6.45, 7) is 6.58. The van der Waals surface area contributed by atoms with E-state index in [-0.39, 0.29) is 30.1 Å². The lowest BCUT2D eigenvalue weighted by molar-refractivity contribution is -0.138. The number of carboxylic acid groups (broad SMARTS) is 1. The highest BCUT2D eigenvalue weighted by atomic mass is 16.5. The number of rotatable bonds is 5. The molecule has 2 amide bonds. The van der Waals surface area contributed by atoms with Gasteiger partial charge in [-0.1, -0.05) is 20.8 Å². The minimum atomic E-state index is -0.929. The van der Waals surface area contributed by atoms with E-state index in [1.165, 1.54) is 0 Å². The normalized spacial score (nSPS) is 24.0. The maximum absolute atomic E-state index is 12.3. The standard InChI is InChI=1S/C14H26N2O5/c1-14(2,3)11(6-12(17)18)15-13(19)16-7-9(20-4)10(8-16)21-5/h9-11H,6-8H2,1-5H3,(H,15,19)(H,17,18). The van der Waals surface area contributed by atoms with Crippen molar-refractivity contribution in [2.45, 2.75) is 45.4 Å². The summed E-state index contributed by atoms with van der Waals surface area (Å²) in [6, 6.07) is -0.720. The van der Waals surface area contributed by atoms with Crippen molar-refractivity contribution in [1.82, 2.24) is 10.2 Å². The van der Waals surface area contributed by atoms with Gasteiger partial charge in [0.05, 0.1) is 19.5 Å². The van der Waals surface area contributed by atoms with Crippen molar-refractivity contribution >= 4 is 12.0 Å². The summed E-state index contributed by atoms with van der Waals surface area (Å²) in [5.74, 6) is -0.929. The van der Waals surface area contributed by atoms with Crippen LogP contribution in [0.2, 0.25) is 0 Å². The second kappa shape index (κ2) is 7.09. The van der Waals surface area contributed by atoms with Gasteiger partial charge in [0, 0.05) is 20.3 Å². The number of methoxy groups -OCH3 is 2. The lowest BCUT2D eigenvalue weighted by atomic mass is 9.85. The molecule has 1 saturated heterocycles. The van der Waals surface area contributed by atoms with E-state index in [9.17, 15) is 9.59 Å². The molecule has 0 bridgehead atoms. The van der Waals surface area contributed by atoms with Crippen molar-refractivity contribution < 1.29 is 24.2 Å². The Morgan fingerprint density at radius 2 is 1.71 bits per heavy atom. The predicted octanol–water partition coefficient (Wildman–Crippen LogP) is 0.931. The zero-order valence-electron chi connectivity index (χ0n) is 13.4. The predicted molar refractivity (Wildman–Crippen MR) is 77.2 cm³/mol. The highest BCUT2D eigenvalue weighted by molar-refractivity contribution is 5.76. The Labute approximate surface area is 125 Å². The fourth-order valence-electron chi connectivity index (χ4n) is 2.35. The Morgan fingerprint density at radius 3 is 2.05 bits per heavy atom.